The van der Waals surface area contributed by atoms with E-state index in [4.69, 9.17) is 4.74 Å². The monoisotopic (exact) mass is 457 g/mol. The number of methoxy groups -OCH3 is 1. The van der Waals surface area contributed by atoms with Crippen LogP contribution in [-0.4, -0.2) is 32.3 Å². The number of amides is 1. The number of hydrogen-bond acceptors (Lipinski definition) is 6. The van der Waals surface area contributed by atoms with Crippen molar-refractivity contribution >= 4 is 5.91 Å². The van der Waals surface area contributed by atoms with Crippen molar-refractivity contribution in [3.05, 3.63) is 116 Å². The third-order valence-corrected chi connectivity index (χ3v) is 5.21. The molecule has 1 amide bonds. The Labute approximate surface area is 195 Å². The Bertz CT molecular complexity index is 1410. The van der Waals surface area contributed by atoms with E-state index in [9.17, 15) is 14.4 Å². The molecule has 0 saturated heterocycles. The van der Waals surface area contributed by atoms with Crippen molar-refractivity contribution in [2.75, 3.05) is 7.11 Å². The Morgan fingerprint density at radius 1 is 1.00 bits per heavy atom. The molecule has 0 unspecified atom stereocenters. The third-order valence-electron chi connectivity index (χ3n) is 5.21. The highest BCUT2D eigenvalue weighted by Gasteiger charge is 2.20. The van der Waals surface area contributed by atoms with Crippen LogP contribution in [0.1, 0.15) is 27.3 Å². The number of carbonyl (C=O) groups is 1. The van der Waals surface area contributed by atoms with Gasteiger partial charge in [0.25, 0.3) is 11.5 Å². The Morgan fingerprint density at radius 3 is 2.38 bits per heavy atom. The van der Waals surface area contributed by atoms with E-state index in [1.54, 1.807) is 48.7 Å². The van der Waals surface area contributed by atoms with Crippen LogP contribution >= 0.6 is 0 Å². The van der Waals surface area contributed by atoms with Crippen LogP contribution in [0.25, 0.3) is 5.69 Å². The molecule has 0 radical (unpaired) electrons. The molecule has 2 aromatic heterocycles. The first-order valence-electron chi connectivity index (χ1n) is 10.6. The number of nitrogens with one attached hydrogen (secondary N) is 1. The van der Waals surface area contributed by atoms with Crippen LogP contribution in [0.15, 0.2) is 82.5 Å². The molecular weight excluding hydrogens is 434 g/mol. The summed E-state index contributed by atoms with van der Waals surface area (Å²) >= 11 is 0. The highest BCUT2D eigenvalue weighted by Crippen LogP contribution is 2.13. The van der Waals surface area contributed by atoms with Gasteiger partial charge in [0.2, 0.25) is 5.69 Å². The van der Waals surface area contributed by atoms with E-state index >= 15 is 0 Å². The van der Waals surface area contributed by atoms with Gasteiger partial charge in [-0.15, -0.1) is 0 Å². The quantitative estimate of drug-likeness (QED) is 0.455. The average Bonchev–Trinajstić information content (AvgIpc) is 2.87. The molecule has 4 aromatic rings. The molecule has 1 N–H and O–H groups in total. The summed E-state index contributed by atoms with van der Waals surface area (Å²) in [5.41, 5.74) is 0.999. The molecule has 0 bridgehead atoms. The van der Waals surface area contributed by atoms with Gasteiger partial charge in [-0.2, -0.15) is 9.78 Å². The zero-order chi connectivity index (χ0) is 24.1. The molecule has 2 heterocycles. The van der Waals surface area contributed by atoms with Crippen LogP contribution in [0, 0.1) is 6.92 Å². The van der Waals surface area contributed by atoms with Crippen molar-refractivity contribution in [3.8, 4) is 11.4 Å². The standard InChI is InChI=1S/C25H23N5O4/c1-17-6-8-18(9-7-17)16-29-24(32)22(23(31)27-15-19-5-3-4-14-26-19)28-30(25(29)33)20-10-12-21(34-2)13-11-20/h3-14H,15-16H2,1-2H3,(H,27,31). The fourth-order valence-electron chi connectivity index (χ4n) is 3.32. The normalized spacial score (nSPS) is 10.6. The molecule has 172 valence electrons. The SMILES string of the molecule is COc1ccc(-n2nc(C(=O)NCc3ccccn3)c(=O)n(Cc3ccc(C)cc3)c2=O)cc1. The highest BCUT2D eigenvalue weighted by atomic mass is 16.5. The molecule has 0 atom stereocenters. The van der Waals surface area contributed by atoms with Gasteiger partial charge >= 0.3 is 5.69 Å². The molecule has 9 nitrogen and oxygen atoms in total. The first kappa shape index (κ1) is 22.7. The van der Waals surface area contributed by atoms with E-state index in [-0.39, 0.29) is 13.1 Å². The lowest BCUT2D eigenvalue weighted by atomic mass is 10.1. The molecule has 4 rings (SSSR count). The Morgan fingerprint density at radius 2 is 1.74 bits per heavy atom. The van der Waals surface area contributed by atoms with E-state index in [0.717, 1.165) is 20.4 Å². The lowest BCUT2D eigenvalue weighted by Crippen LogP contribution is -2.46. The smallest absolute Gasteiger partial charge is 0.352 e. The van der Waals surface area contributed by atoms with Gasteiger partial charge < -0.3 is 10.1 Å². The molecule has 0 spiro atoms. The van der Waals surface area contributed by atoms with E-state index in [1.165, 1.54) is 7.11 Å². The number of nitrogens with zero attached hydrogens (tertiary/aromatic N) is 4. The summed E-state index contributed by atoms with van der Waals surface area (Å²) in [6.07, 6.45) is 1.61. The maximum absolute atomic E-state index is 13.3. The predicted molar refractivity (Wildman–Crippen MR) is 126 cm³/mol. The second-order valence-electron chi connectivity index (χ2n) is 7.62. The van der Waals surface area contributed by atoms with Gasteiger partial charge in [-0.25, -0.2) is 4.79 Å². The summed E-state index contributed by atoms with van der Waals surface area (Å²) in [5.74, 6) is -0.103. The molecule has 0 aliphatic heterocycles. The second kappa shape index (κ2) is 9.95. The van der Waals surface area contributed by atoms with Crippen molar-refractivity contribution in [3.63, 3.8) is 0 Å². The van der Waals surface area contributed by atoms with Crippen molar-refractivity contribution < 1.29 is 9.53 Å². The third kappa shape index (κ3) is 4.93. The van der Waals surface area contributed by atoms with Gasteiger partial charge in [-0.3, -0.25) is 19.1 Å². The number of ether oxygens (including phenoxy) is 1. The zero-order valence-corrected chi connectivity index (χ0v) is 18.8. The molecule has 9 heteroatoms. The summed E-state index contributed by atoms with van der Waals surface area (Å²) < 4.78 is 7.23. The summed E-state index contributed by atoms with van der Waals surface area (Å²) in [6, 6.07) is 19.4. The van der Waals surface area contributed by atoms with E-state index in [1.807, 2.05) is 31.2 Å². The summed E-state index contributed by atoms with van der Waals surface area (Å²) in [4.78, 5) is 43.5. The number of pyridine rings is 1. The first-order chi connectivity index (χ1) is 16.5. The maximum atomic E-state index is 13.3. The summed E-state index contributed by atoms with van der Waals surface area (Å²) in [5, 5.41) is 6.78. The Kier molecular flexibility index (Phi) is 6.63. The number of aryl methyl sites for hydroxylation is 1. The molecule has 0 saturated carbocycles. The van der Waals surface area contributed by atoms with Crippen molar-refractivity contribution in [1.29, 1.82) is 0 Å². The number of hydrogen-bond donors (Lipinski definition) is 1. The van der Waals surface area contributed by atoms with Gasteiger partial charge in [0.15, 0.2) is 0 Å². The summed E-state index contributed by atoms with van der Waals surface area (Å²) in [7, 11) is 1.53. The van der Waals surface area contributed by atoms with E-state index < -0.39 is 22.9 Å². The molecule has 0 aliphatic carbocycles. The van der Waals surface area contributed by atoms with Crippen molar-refractivity contribution in [1.82, 2.24) is 24.6 Å². The number of aromatic nitrogens is 4. The number of carbonyl (C=O) groups excluding carboxylic acids is 1. The fraction of sp³-hybridized carbons (Fsp3) is 0.160. The predicted octanol–water partition coefficient (Wildman–Crippen LogP) is 2.08. The molecular formula is C25H23N5O4. The number of rotatable bonds is 7. The Hall–Kier alpha value is -4.53. The second-order valence-corrected chi connectivity index (χ2v) is 7.62. The minimum atomic E-state index is -0.770. The van der Waals surface area contributed by atoms with Gasteiger partial charge in [-0.05, 0) is 48.9 Å². The molecule has 34 heavy (non-hydrogen) atoms. The highest BCUT2D eigenvalue weighted by molar-refractivity contribution is 5.91. The van der Waals surface area contributed by atoms with Crippen LogP contribution in [0.4, 0.5) is 0 Å². The Balaban J connectivity index is 1.77. The van der Waals surface area contributed by atoms with Gasteiger partial charge in [0.1, 0.15) is 5.75 Å². The molecule has 2 aromatic carbocycles. The minimum Gasteiger partial charge on any atom is -0.497 e. The zero-order valence-electron chi connectivity index (χ0n) is 18.8. The van der Waals surface area contributed by atoms with Gasteiger partial charge in [-0.1, -0.05) is 35.9 Å². The lowest BCUT2D eigenvalue weighted by Gasteiger charge is -2.13. The molecule has 0 aliphatic rings. The fourth-order valence-corrected chi connectivity index (χ4v) is 3.32. The van der Waals surface area contributed by atoms with E-state index in [2.05, 4.69) is 15.4 Å². The van der Waals surface area contributed by atoms with Crippen LogP contribution in [0.3, 0.4) is 0 Å². The minimum absolute atomic E-state index is 0.00284. The van der Waals surface area contributed by atoms with Crippen LogP contribution in [-0.2, 0) is 13.1 Å². The van der Waals surface area contributed by atoms with Crippen molar-refractivity contribution in [2.45, 2.75) is 20.0 Å². The van der Waals surface area contributed by atoms with Crippen LogP contribution in [0.5, 0.6) is 5.75 Å². The number of benzene rings is 2. The van der Waals surface area contributed by atoms with E-state index in [0.29, 0.717) is 17.1 Å². The summed E-state index contributed by atoms with van der Waals surface area (Å²) in [6.45, 7) is 2.06. The first-order valence-corrected chi connectivity index (χ1v) is 10.6. The average molecular weight is 457 g/mol. The maximum Gasteiger partial charge on any atom is 0.352 e. The van der Waals surface area contributed by atoms with Crippen LogP contribution < -0.4 is 21.3 Å². The van der Waals surface area contributed by atoms with Crippen molar-refractivity contribution in [2.24, 2.45) is 0 Å². The largest absolute Gasteiger partial charge is 0.497 e. The lowest BCUT2D eigenvalue weighted by molar-refractivity contribution is 0.0940. The topological polar surface area (TPSA) is 108 Å². The van der Waals surface area contributed by atoms with Gasteiger partial charge in [0, 0.05) is 6.20 Å². The molecule has 0 fully saturated rings. The van der Waals surface area contributed by atoms with Crippen LogP contribution in [0.2, 0.25) is 0 Å². The van der Waals surface area contributed by atoms with Gasteiger partial charge in [0.05, 0.1) is 31.6 Å².